The Morgan fingerprint density at radius 2 is 1.23 bits per heavy atom. The molecule has 9 atom stereocenters. The van der Waals surface area contributed by atoms with Crippen molar-refractivity contribution in [2.75, 3.05) is 62.5 Å². The monoisotopic (exact) mass is 436 g/mol. The lowest BCUT2D eigenvalue weighted by atomic mass is 9.98. The van der Waals surface area contributed by atoms with Gasteiger partial charge in [-0.2, -0.15) is 0 Å². The van der Waals surface area contributed by atoms with Crippen molar-refractivity contribution in [2.45, 2.75) is 55.3 Å². The SMILES string of the molecule is C=CCOC[C@H]1O[C@H](OC)[C@H](OC)[C@@H](OC)[C@@H]1O[C@H]1O[C@H](COC)[C@@H](OC)[C@@H]1OC. The van der Waals surface area contributed by atoms with Crippen molar-refractivity contribution in [2.24, 2.45) is 0 Å². The van der Waals surface area contributed by atoms with Crippen LogP contribution in [0.25, 0.3) is 0 Å². The Labute approximate surface area is 178 Å². The highest BCUT2D eigenvalue weighted by Gasteiger charge is 2.53. The lowest BCUT2D eigenvalue weighted by molar-refractivity contribution is -0.333. The molecule has 30 heavy (non-hydrogen) atoms. The highest BCUT2D eigenvalue weighted by atomic mass is 16.8. The Bertz CT molecular complexity index is 492. The fraction of sp³-hybridized carbons (Fsp3) is 0.900. The molecule has 10 nitrogen and oxygen atoms in total. The maximum Gasteiger partial charge on any atom is 0.187 e. The van der Waals surface area contributed by atoms with Gasteiger partial charge in [0, 0.05) is 42.7 Å². The van der Waals surface area contributed by atoms with Gasteiger partial charge in [-0.1, -0.05) is 6.08 Å². The summed E-state index contributed by atoms with van der Waals surface area (Å²) < 4.78 is 57.4. The molecule has 0 aromatic rings. The first-order valence-electron chi connectivity index (χ1n) is 9.87. The highest BCUT2D eigenvalue weighted by molar-refractivity contribution is 4.95. The van der Waals surface area contributed by atoms with Crippen LogP contribution in [0.3, 0.4) is 0 Å². The maximum atomic E-state index is 6.36. The minimum Gasteiger partial charge on any atom is -0.382 e. The maximum absolute atomic E-state index is 6.36. The fourth-order valence-corrected chi connectivity index (χ4v) is 3.94. The molecule has 0 aromatic heterocycles. The van der Waals surface area contributed by atoms with Crippen LogP contribution in [0.15, 0.2) is 12.7 Å². The summed E-state index contributed by atoms with van der Waals surface area (Å²) >= 11 is 0. The van der Waals surface area contributed by atoms with Gasteiger partial charge in [-0.25, -0.2) is 0 Å². The molecule has 2 fully saturated rings. The van der Waals surface area contributed by atoms with Gasteiger partial charge in [0.25, 0.3) is 0 Å². The lowest BCUT2D eigenvalue weighted by Crippen LogP contribution is -2.62. The van der Waals surface area contributed by atoms with Crippen LogP contribution in [-0.2, 0) is 47.4 Å². The van der Waals surface area contributed by atoms with Crippen molar-refractivity contribution < 1.29 is 47.4 Å². The van der Waals surface area contributed by atoms with E-state index >= 15 is 0 Å². The first-order chi connectivity index (χ1) is 14.6. The van der Waals surface area contributed by atoms with Crippen molar-refractivity contribution in [1.82, 2.24) is 0 Å². The molecule has 0 bridgehead atoms. The number of methoxy groups -OCH3 is 6. The van der Waals surface area contributed by atoms with E-state index in [1.165, 1.54) is 0 Å². The van der Waals surface area contributed by atoms with Gasteiger partial charge in [-0.05, 0) is 0 Å². The molecule has 0 radical (unpaired) electrons. The Hall–Kier alpha value is -0.660. The van der Waals surface area contributed by atoms with E-state index in [0.717, 1.165) is 0 Å². The van der Waals surface area contributed by atoms with Gasteiger partial charge in [-0.3, -0.25) is 0 Å². The molecule has 176 valence electrons. The van der Waals surface area contributed by atoms with E-state index in [1.807, 2.05) is 0 Å². The van der Waals surface area contributed by atoms with E-state index in [-0.39, 0.29) is 18.8 Å². The van der Waals surface area contributed by atoms with Crippen LogP contribution >= 0.6 is 0 Å². The summed E-state index contributed by atoms with van der Waals surface area (Å²) in [5.74, 6) is 0. The summed E-state index contributed by atoms with van der Waals surface area (Å²) in [6.45, 7) is 4.62. The van der Waals surface area contributed by atoms with Gasteiger partial charge < -0.3 is 47.4 Å². The molecule has 2 rings (SSSR count). The Morgan fingerprint density at radius 3 is 1.77 bits per heavy atom. The summed E-state index contributed by atoms with van der Waals surface area (Å²) in [5, 5.41) is 0. The first-order valence-corrected chi connectivity index (χ1v) is 9.87. The fourth-order valence-electron chi connectivity index (χ4n) is 3.94. The minimum atomic E-state index is -0.732. The summed E-state index contributed by atoms with van der Waals surface area (Å²) in [6.07, 6.45) is -3.00. The highest BCUT2D eigenvalue weighted by Crippen LogP contribution is 2.33. The molecule has 0 aromatic carbocycles. The van der Waals surface area contributed by atoms with E-state index in [1.54, 1.807) is 48.7 Å². The molecule has 2 heterocycles. The zero-order chi connectivity index (χ0) is 22.1. The van der Waals surface area contributed by atoms with E-state index in [0.29, 0.717) is 13.2 Å². The molecule has 0 unspecified atom stereocenters. The Morgan fingerprint density at radius 1 is 0.667 bits per heavy atom. The van der Waals surface area contributed by atoms with Crippen molar-refractivity contribution in [3.63, 3.8) is 0 Å². The molecule has 2 aliphatic rings. The van der Waals surface area contributed by atoms with Crippen LogP contribution in [0.2, 0.25) is 0 Å². The second kappa shape index (κ2) is 13.0. The Balaban J connectivity index is 2.24. The van der Waals surface area contributed by atoms with Crippen molar-refractivity contribution in [1.29, 1.82) is 0 Å². The third-order valence-electron chi connectivity index (χ3n) is 5.32. The third kappa shape index (κ3) is 5.77. The largest absolute Gasteiger partial charge is 0.382 e. The zero-order valence-corrected chi connectivity index (χ0v) is 18.7. The van der Waals surface area contributed by atoms with Gasteiger partial charge in [0.05, 0.1) is 19.8 Å². The van der Waals surface area contributed by atoms with E-state index in [4.69, 9.17) is 47.4 Å². The van der Waals surface area contributed by atoms with Crippen LogP contribution in [0.4, 0.5) is 0 Å². The quantitative estimate of drug-likeness (QED) is 0.298. The minimum absolute atomic E-state index is 0.242. The molecule has 0 spiro atoms. The van der Waals surface area contributed by atoms with E-state index in [2.05, 4.69) is 6.58 Å². The number of hydrogen-bond acceptors (Lipinski definition) is 10. The van der Waals surface area contributed by atoms with E-state index in [9.17, 15) is 0 Å². The molecule has 2 aliphatic heterocycles. The normalized spacial score (nSPS) is 39.3. The van der Waals surface area contributed by atoms with Crippen molar-refractivity contribution in [3.8, 4) is 0 Å². The summed E-state index contributed by atoms with van der Waals surface area (Å²) in [5.41, 5.74) is 0. The standard InChI is InChI=1S/C20H36O10/c1-8-9-27-11-13-15(16(23-4)18(25-6)19(26-7)28-13)30-20-17(24-5)14(22-3)12(29-20)10-21-2/h8,12-20H,1,9-11H2,2-7H3/t12-,13-,14-,15-,16+,17+,18-,19+,20-/m1/s1. The van der Waals surface area contributed by atoms with Gasteiger partial charge in [0.2, 0.25) is 0 Å². The topological polar surface area (TPSA) is 92.3 Å². The number of rotatable bonds is 13. The molecule has 0 amide bonds. The van der Waals surface area contributed by atoms with Crippen LogP contribution < -0.4 is 0 Å². The van der Waals surface area contributed by atoms with Gasteiger partial charge in [0.15, 0.2) is 12.6 Å². The van der Waals surface area contributed by atoms with Crippen LogP contribution in [-0.4, -0.2) is 118 Å². The number of ether oxygens (including phenoxy) is 10. The third-order valence-corrected chi connectivity index (χ3v) is 5.32. The second-order valence-electron chi connectivity index (χ2n) is 7.00. The molecule has 0 aliphatic carbocycles. The second-order valence-corrected chi connectivity index (χ2v) is 7.00. The molecular weight excluding hydrogens is 400 g/mol. The number of hydrogen-bond donors (Lipinski definition) is 0. The summed E-state index contributed by atoms with van der Waals surface area (Å²) in [6, 6.07) is 0. The van der Waals surface area contributed by atoms with Gasteiger partial charge in [-0.15, -0.1) is 6.58 Å². The lowest BCUT2D eigenvalue weighted by Gasteiger charge is -2.45. The van der Waals surface area contributed by atoms with Gasteiger partial charge in [0.1, 0.15) is 42.7 Å². The Kier molecular flexibility index (Phi) is 11.1. The average Bonchev–Trinajstić information content (AvgIpc) is 3.10. The molecule has 10 heteroatoms. The molecule has 0 saturated carbocycles. The first kappa shape index (κ1) is 25.6. The summed E-state index contributed by atoms with van der Waals surface area (Å²) in [4.78, 5) is 0. The predicted octanol–water partition coefficient (Wildman–Crippen LogP) is 0.377. The van der Waals surface area contributed by atoms with Crippen molar-refractivity contribution in [3.05, 3.63) is 12.7 Å². The molecular formula is C20H36O10. The van der Waals surface area contributed by atoms with Crippen molar-refractivity contribution >= 4 is 0 Å². The predicted molar refractivity (Wildman–Crippen MR) is 105 cm³/mol. The molecule has 2 saturated heterocycles. The smallest absolute Gasteiger partial charge is 0.187 e. The average molecular weight is 436 g/mol. The van der Waals surface area contributed by atoms with Gasteiger partial charge >= 0.3 is 0 Å². The van der Waals surface area contributed by atoms with Crippen LogP contribution in [0.5, 0.6) is 0 Å². The molecule has 0 N–H and O–H groups in total. The van der Waals surface area contributed by atoms with Crippen LogP contribution in [0.1, 0.15) is 0 Å². The van der Waals surface area contributed by atoms with Crippen LogP contribution in [0, 0.1) is 0 Å². The van der Waals surface area contributed by atoms with E-state index < -0.39 is 43.1 Å². The zero-order valence-electron chi connectivity index (χ0n) is 18.7. The summed E-state index contributed by atoms with van der Waals surface area (Å²) in [7, 11) is 9.48.